The van der Waals surface area contributed by atoms with Crippen molar-refractivity contribution in [2.24, 2.45) is 0 Å². The second kappa shape index (κ2) is 9.09. The molecular formula is C22H24ClN3O3. The molecule has 6 nitrogen and oxygen atoms in total. The van der Waals surface area contributed by atoms with E-state index in [-0.39, 0.29) is 12.5 Å². The number of aromatic nitrogens is 2. The molecule has 1 amide bonds. The molecule has 0 aliphatic rings. The van der Waals surface area contributed by atoms with E-state index < -0.39 is 6.10 Å². The molecule has 3 rings (SSSR count). The Hall–Kier alpha value is -2.86. The third kappa shape index (κ3) is 4.77. The highest BCUT2D eigenvalue weighted by Gasteiger charge is 2.25. The predicted molar refractivity (Wildman–Crippen MR) is 112 cm³/mol. The van der Waals surface area contributed by atoms with E-state index in [1.165, 1.54) is 4.90 Å². The standard InChI is InChI=1S/C22H24ClN3O3/c1-5-18(28-19-12-8-9-14(2)15(19)3)22(27)26(4)13-20-24-21(25-29-20)16-10-6-7-11-17(16)23/h6-12,18H,5,13H2,1-4H3. The minimum Gasteiger partial charge on any atom is -0.480 e. The predicted octanol–water partition coefficient (Wildman–Crippen LogP) is 4.82. The molecule has 0 saturated heterocycles. The fourth-order valence-electron chi connectivity index (χ4n) is 2.91. The van der Waals surface area contributed by atoms with E-state index >= 15 is 0 Å². The molecule has 2 aromatic carbocycles. The minimum atomic E-state index is -0.591. The van der Waals surface area contributed by atoms with Crippen LogP contribution in [-0.4, -0.2) is 34.1 Å². The molecule has 0 fully saturated rings. The number of halogens is 1. The van der Waals surface area contributed by atoms with Gasteiger partial charge in [0.05, 0.1) is 11.6 Å². The van der Waals surface area contributed by atoms with Crippen molar-refractivity contribution in [2.45, 2.75) is 39.8 Å². The number of hydrogen-bond acceptors (Lipinski definition) is 5. The Labute approximate surface area is 175 Å². The molecule has 0 bridgehead atoms. The number of benzene rings is 2. The average molecular weight is 414 g/mol. The van der Waals surface area contributed by atoms with Gasteiger partial charge in [-0.05, 0) is 49.6 Å². The molecule has 0 aliphatic carbocycles. The fraction of sp³-hybridized carbons (Fsp3) is 0.318. The first kappa shape index (κ1) is 20.9. The second-order valence-corrected chi connectivity index (χ2v) is 7.31. The maximum atomic E-state index is 12.9. The number of aryl methyl sites for hydroxylation is 1. The van der Waals surface area contributed by atoms with E-state index in [0.717, 1.165) is 16.9 Å². The van der Waals surface area contributed by atoms with Crippen LogP contribution >= 0.6 is 11.6 Å². The Morgan fingerprint density at radius 1 is 1.21 bits per heavy atom. The van der Waals surface area contributed by atoms with Gasteiger partial charge < -0.3 is 14.2 Å². The van der Waals surface area contributed by atoms with Gasteiger partial charge in [-0.3, -0.25) is 4.79 Å². The SMILES string of the molecule is CCC(Oc1cccc(C)c1C)C(=O)N(C)Cc1nc(-c2ccccc2Cl)no1. The molecule has 0 N–H and O–H groups in total. The van der Waals surface area contributed by atoms with Crippen LogP contribution in [-0.2, 0) is 11.3 Å². The minimum absolute atomic E-state index is 0.147. The first-order valence-corrected chi connectivity index (χ1v) is 9.83. The summed E-state index contributed by atoms with van der Waals surface area (Å²) in [6, 6.07) is 13.1. The van der Waals surface area contributed by atoms with Crippen LogP contribution in [0.1, 0.15) is 30.4 Å². The number of carbonyl (C=O) groups is 1. The number of carbonyl (C=O) groups excluding carboxylic acids is 1. The maximum Gasteiger partial charge on any atom is 0.263 e. The number of nitrogens with zero attached hydrogens (tertiary/aromatic N) is 3. The summed E-state index contributed by atoms with van der Waals surface area (Å²) >= 11 is 6.18. The van der Waals surface area contributed by atoms with Crippen LogP contribution in [0.15, 0.2) is 47.0 Å². The summed E-state index contributed by atoms with van der Waals surface area (Å²) in [7, 11) is 1.69. The number of likely N-dealkylation sites (N-methyl/N-ethyl adjacent to an activating group) is 1. The van der Waals surface area contributed by atoms with Crippen LogP contribution in [0.25, 0.3) is 11.4 Å². The van der Waals surface area contributed by atoms with Gasteiger partial charge >= 0.3 is 0 Å². The molecule has 1 unspecified atom stereocenters. The van der Waals surface area contributed by atoms with Gasteiger partial charge in [0, 0.05) is 12.6 Å². The lowest BCUT2D eigenvalue weighted by atomic mass is 10.1. The molecule has 3 aromatic rings. The van der Waals surface area contributed by atoms with Crippen molar-refractivity contribution in [3.05, 3.63) is 64.5 Å². The van der Waals surface area contributed by atoms with E-state index in [0.29, 0.717) is 28.7 Å². The van der Waals surface area contributed by atoms with Gasteiger partial charge in [-0.15, -0.1) is 0 Å². The fourth-order valence-corrected chi connectivity index (χ4v) is 3.13. The summed E-state index contributed by atoms with van der Waals surface area (Å²) in [5.74, 6) is 1.30. The third-order valence-electron chi connectivity index (χ3n) is 4.80. The normalized spacial score (nSPS) is 11.9. The Morgan fingerprint density at radius 2 is 1.97 bits per heavy atom. The molecule has 1 heterocycles. The van der Waals surface area contributed by atoms with Gasteiger partial charge in [-0.2, -0.15) is 4.98 Å². The van der Waals surface area contributed by atoms with Crippen molar-refractivity contribution in [3.63, 3.8) is 0 Å². The van der Waals surface area contributed by atoms with Crippen LogP contribution < -0.4 is 4.74 Å². The molecule has 29 heavy (non-hydrogen) atoms. The topological polar surface area (TPSA) is 68.5 Å². The molecular weight excluding hydrogens is 390 g/mol. The summed E-state index contributed by atoms with van der Waals surface area (Å²) < 4.78 is 11.3. The molecule has 1 aromatic heterocycles. The van der Waals surface area contributed by atoms with Gasteiger partial charge in [0.15, 0.2) is 6.10 Å². The Morgan fingerprint density at radius 3 is 2.69 bits per heavy atom. The molecule has 0 spiro atoms. The average Bonchev–Trinajstić information content (AvgIpc) is 3.17. The lowest BCUT2D eigenvalue weighted by Gasteiger charge is -2.23. The lowest BCUT2D eigenvalue weighted by Crippen LogP contribution is -2.39. The number of amides is 1. The molecule has 0 radical (unpaired) electrons. The van der Waals surface area contributed by atoms with Gasteiger partial charge in [0.25, 0.3) is 5.91 Å². The van der Waals surface area contributed by atoms with Gasteiger partial charge in [-0.25, -0.2) is 0 Å². The van der Waals surface area contributed by atoms with E-state index in [9.17, 15) is 4.79 Å². The Kier molecular flexibility index (Phi) is 6.54. The van der Waals surface area contributed by atoms with Crippen LogP contribution in [0.4, 0.5) is 0 Å². The highest BCUT2D eigenvalue weighted by Crippen LogP contribution is 2.25. The highest BCUT2D eigenvalue weighted by atomic mass is 35.5. The first-order chi connectivity index (χ1) is 13.9. The molecule has 0 saturated carbocycles. The van der Waals surface area contributed by atoms with E-state index in [1.54, 1.807) is 13.1 Å². The zero-order chi connectivity index (χ0) is 21.0. The van der Waals surface area contributed by atoms with Crippen molar-refractivity contribution in [1.29, 1.82) is 0 Å². The van der Waals surface area contributed by atoms with Crippen LogP contribution in [0.3, 0.4) is 0 Å². The number of hydrogen-bond donors (Lipinski definition) is 0. The summed E-state index contributed by atoms with van der Waals surface area (Å²) in [5.41, 5.74) is 2.83. The second-order valence-electron chi connectivity index (χ2n) is 6.90. The quantitative estimate of drug-likeness (QED) is 0.555. The van der Waals surface area contributed by atoms with Crippen molar-refractivity contribution in [3.8, 4) is 17.1 Å². The third-order valence-corrected chi connectivity index (χ3v) is 5.13. The number of ether oxygens (including phenoxy) is 1. The van der Waals surface area contributed by atoms with Crippen molar-refractivity contribution in [1.82, 2.24) is 15.0 Å². The summed E-state index contributed by atoms with van der Waals surface area (Å²) in [4.78, 5) is 18.8. The van der Waals surface area contributed by atoms with E-state index in [1.807, 2.05) is 57.2 Å². The summed E-state index contributed by atoms with van der Waals surface area (Å²) in [5, 5.41) is 4.51. The van der Waals surface area contributed by atoms with Crippen molar-refractivity contribution < 1.29 is 14.1 Å². The van der Waals surface area contributed by atoms with Gasteiger partial charge in [0.2, 0.25) is 11.7 Å². The lowest BCUT2D eigenvalue weighted by molar-refractivity contribution is -0.138. The smallest absolute Gasteiger partial charge is 0.263 e. The Balaban J connectivity index is 1.69. The van der Waals surface area contributed by atoms with Crippen LogP contribution in [0.5, 0.6) is 5.75 Å². The zero-order valence-corrected chi connectivity index (χ0v) is 17.7. The molecule has 1 atom stereocenters. The van der Waals surface area contributed by atoms with Crippen molar-refractivity contribution >= 4 is 17.5 Å². The Bertz CT molecular complexity index is 1000. The number of rotatable bonds is 7. The van der Waals surface area contributed by atoms with Gasteiger partial charge in [0.1, 0.15) is 5.75 Å². The first-order valence-electron chi connectivity index (χ1n) is 9.46. The largest absolute Gasteiger partial charge is 0.480 e. The highest BCUT2D eigenvalue weighted by molar-refractivity contribution is 6.33. The van der Waals surface area contributed by atoms with E-state index in [4.69, 9.17) is 20.9 Å². The molecule has 7 heteroatoms. The molecule has 152 valence electrons. The summed E-state index contributed by atoms with van der Waals surface area (Å²) in [6.45, 7) is 6.11. The van der Waals surface area contributed by atoms with Crippen LogP contribution in [0, 0.1) is 13.8 Å². The maximum absolute atomic E-state index is 12.9. The van der Waals surface area contributed by atoms with Crippen molar-refractivity contribution in [2.75, 3.05) is 7.05 Å². The summed E-state index contributed by atoms with van der Waals surface area (Å²) in [6.07, 6.45) is -0.0444. The van der Waals surface area contributed by atoms with E-state index in [2.05, 4.69) is 10.1 Å². The van der Waals surface area contributed by atoms with Gasteiger partial charge in [-0.1, -0.05) is 47.9 Å². The molecule has 0 aliphatic heterocycles. The van der Waals surface area contributed by atoms with Crippen LogP contribution in [0.2, 0.25) is 5.02 Å². The monoisotopic (exact) mass is 413 g/mol. The zero-order valence-electron chi connectivity index (χ0n) is 17.0.